The third kappa shape index (κ3) is 3.58. The van der Waals surface area contributed by atoms with Gasteiger partial charge in [-0.2, -0.15) is 5.10 Å². The van der Waals surface area contributed by atoms with Crippen LogP contribution in [0.25, 0.3) is 0 Å². The molecule has 4 N–H and O–H groups in total. The second-order valence-corrected chi connectivity index (χ2v) is 6.45. The Morgan fingerprint density at radius 1 is 1.28 bits per heavy atom. The van der Waals surface area contributed by atoms with E-state index in [0.29, 0.717) is 11.4 Å². The Morgan fingerprint density at radius 2 is 2.08 bits per heavy atom. The molecule has 6 nitrogen and oxygen atoms in total. The van der Waals surface area contributed by atoms with Gasteiger partial charge in [-0.05, 0) is 61.1 Å². The molecule has 0 fully saturated rings. The summed E-state index contributed by atoms with van der Waals surface area (Å²) in [5.41, 5.74) is 15.8. The first-order valence-corrected chi connectivity index (χ1v) is 8.31. The Labute approximate surface area is 151 Å². The topological polar surface area (TPSA) is 98.9 Å². The van der Waals surface area contributed by atoms with E-state index < -0.39 is 0 Å². The number of halogens is 1. The van der Waals surface area contributed by atoms with Gasteiger partial charge in [0.25, 0.3) is 0 Å². The Morgan fingerprint density at radius 3 is 2.80 bits per heavy atom. The van der Waals surface area contributed by atoms with Gasteiger partial charge in [-0.3, -0.25) is 4.98 Å². The van der Waals surface area contributed by atoms with Crippen LogP contribution < -0.4 is 16.2 Å². The smallest absolute Gasteiger partial charge is 0.211 e. The number of nitrogens with two attached hydrogens (primary N) is 2. The van der Waals surface area contributed by atoms with Crippen LogP contribution >= 0.6 is 11.6 Å². The largest absolute Gasteiger partial charge is 0.496 e. The lowest BCUT2D eigenvalue weighted by Crippen LogP contribution is -2.24. The van der Waals surface area contributed by atoms with Crippen LogP contribution in [0.1, 0.15) is 34.7 Å². The predicted molar refractivity (Wildman–Crippen MR) is 100 cm³/mol. The van der Waals surface area contributed by atoms with Crippen LogP contribution in [-0.2, 0) is 6.42 Å². The van der Waals surface area contributed by atoms with E-state index in [0.717, 1.165) is 40.3 Å². The lowest BCUT2D eigenvalue weighted by molar-refractivity contribution is 0.405. The van der Waals surface area contributed by atoms with Gasteiger partial charge in [-0.25, -0.2) is 0 Å². The first kappa shape index (κ1) is 17.2. The van der Waals surface area contributed by atoms with Gasteiger partial charge in [0.05, 0.1) is 18.5 Å². The Hall–Kier alpha value is -2.60. The fourth-order valence-electron chi connectivity index (χ4n) is 3.26. The summed E-state index contributed by atoms with van der Waals surface area (Å²) in [7, 11) is 1.65. The number of aromatic nitrogens is 1. The molecule has 1 aliphatic carbocycles. The van der Waals surface area contributed by atoms with Crippen molar-refractivity contribution in [3.05, 3.63) is 57.9 Å². The van der Waals surface area contributed by atoms with Crippen LogP contribution in [0.2, 0.25) is 5.02 Å². The summed E-state index contributed by atoms with van der Waals surface area (Å²) in [6.45, 7) is 2.03. The highest BCUT2D eigenvalue weighted by Crippen LogP contribution is 2.38. The number of methoxy groups -OCH3 is 1. The molecular weight excluding hydrogens is 338 g/mol. The first-order valence-electron chi connectivity index (χ1n) is 7.93. The van der Waals surface area contributed by atoms with Gasteiger partial charge in [-0.15, -0.1) is 5.10 Å². The third-order valence-electron chi connectivity index (χ3n) is 4.32. The average molecular weight is 358 g/mol. The normalized spacial score (nSPS) is 17.9. The third-order valence-corrected chi connectivity index (χ3v) is 4.56. The molecule has 25 heavy (non-hydrogen) atoms. The molecule has 0 saturated heterocycles. The summed E-state index contributed by atoms with van der Waals surface area (Å²) in [4.78, 5) is 4.55. The van der Waals surface area contributed by atoms with E-state index in [9.17, 15) is 0 Å². The summed E-state index contributed by atoms with van der Waals surface area (Å²) in [5.74, 6) is 0.855. The molecule has 7 heteroatoms. The van der Waals surface area contributed by atoms with Crippen molar-refractivity contribution in [2.45, 2.75) is 25.7 Å². The van der Waals surface area contributed by atoms with E-state index in [4.69, 9.17) is 27.8 Å². The quantitative estimate of drug-likeness (QED) is 0.501. The minimum absolute atomic E-state index is 0.0712. The molecule has 0 bridgehead atoms. The lowest BCUT2D eigenvalue weighted by atomic mass is 9.79. The van der Waals surface area contributed by atoms with E-state index in [2.05, 4.69) is 15.2 Å². The highest BCUT2D eigenvalue weighted by atomic mass is 35.5. The maximum Gasteiger partial charge on any atom is 0.211 e. The maximum absolute atomic E-state index is 6.20. The summed E-state index contributed by atoms with van der Waals surface area (Å²) in [6.07, 6.45) is 3.26. The standard InChI is InChI=1S/C18H20ClN5O/c1-10-5-6-22-14-7-11(8-15(17(10)14)23-24-18(20)21)13-9-12(19)3-4-16(13)25-2/h3-6,9,11H,7-8H2,1-2H3,(H4,20,21,24). The molecule has 1 aromatic carbocycles. The predicted octanol–water partition coefficient (Wildman–Crippen LogP) is 2.76. The molecule has 1 atom stereocenters. The molecule has 0 spiro atoms. The summed E-state index contributed by atoms with van der Waals surface area (Å²) >= 11 is 6.20. The second kappa shape index (κ2) is 7.11. The lowest BCUT2D eigenvalue weighted by Gasteiger charge is -2.27. The highest BCUT2D eigenvalue weighted by Gasteiger charge is 2.29. The number of benzene rings is 1. The number of rotatable bonds is 3. The number of guanidine groups is 1. The van der Waals surface area contributed by atoms with Crippen LogP contribution in [0.15, 0.2) is 40.7 Å². The van der Waals surface area contributed by atoms with Gasteiger partial charge in [-0.1, -0.05) is 11.6 Å². The molecule has 1 unspecified atom stereocenters. The van der Waals surface area contributed by atoms with Crippen LogP contribution in [0.4, 0.5) is 0 Å². The summed E-state index contributed by atoms with van der Waals surface area (Å²) < 4.78 is 5.51. The minimum atomic E-state index is -0.0712. The van der Waals surface area contributed by atoms with E-state index in [1.807, 2.05) is 37.4 Å². The van der Waals surface area contributed by atoms with Gasteiger partial charge in [0.2, 0.25) is 5.96 Å². The van der Waals surface area contributed by atoms with Gasteiger partial charge in [0, 0.05) is 16.8 Å². The van der Waals surface area contributed by atoms with Crippen molar-refractivity contribution in [1.29, 1.82) is 0 Å². The van der Waals surface area contributed by atoms with E-state index in [1.165, 1.54) is 0 Å². The molecule has 1 heterocycles. The van der Waals surface area contributed by atoms with E-state index in [-0.39, 0.29) is 11.9 Å². The monoisotopic (exact) mass is 357 g/mol. The van der Waals surface area contributed by atoms with Gasteiger partial charge in [0.1, 0.15) is 5.75 Å². The SMILES string of the molecule is COc1ccc(Cl)cc1C1CC(=NN=C(N)N)c2c(C)ccnc2C1. The number of nitrogens with zero attached hydrogens (tertiary/aromatic N) is 3. The zero-order valence-corrected chi connectivity index (χ0v) is 14.9. The highest BCUT2D eigenvalue weighted by molar-refractivity contribution is 6.30. The van der Waals surface area contributed by atoms with Crippen molar-refractivity contribution >= 4 is 23.3 Å². The van der Waals surface area contributed by atoms with Gasteiger partial charge in [0.15, 0.2) is 0 Å². The molecule has 0 aliphatic heterocycles. The van der Waals surface area contributed by atoms with E-state index >= 15 is 0 Å². The summed E-state index contributed by atoms with van der Waals surface area (Å²) in [6, 6.07) is 7.59. The van der Waals surface area contributed by atoms with Gasteiger partial charge < -0.3 is 16.2 Å². The number of pyridine rings is 1. The Bertz CT molecular complexity index is 859. The minimum Gasteiger partial charge on any atom is -0.496 e. The average Bonchev–Trinajstić information content (AvgIpc) is 2.59. The number of aryl methyl sites for hydroxylation is 1. The number of fused-ring (bicyclic) bond motifs is 1. The molecule has 2 aromatic rings. The molecule has 1 aliphatic rings. The van der Waals surface area contributed by atoms with Gasteiger partial charge >= 0.3 is 0 Å². The molecule has 0 amide bonds. The first-order chi connectivity index (χ1) is 12.0. The zero-order chi connectivity index (χ0) is 18.0. The van der Waals surface area contributed by atoms with Crippen LogP contribution in [0, 0.1) is 6.92 Å². The molecular formula is C18H20ClN5O. The van der Waals surface area contributed by atoms with Crippen molar-refractivity contribution in [3.8, 4) is 5.75 Å². The van der Waals surface area contributed by atoms with Crippen molar-refractivity contribution in [2.24, 2.45) is 21.7 Å². The molecule has 0 saturated carbocycles. The van der Waals surface area contributed by atoms with Crippen molar-refractivity contribution < 1.29 is 4.74 Å². The maximum atomic E-state index is 6.20. The fraction of sp³-hybridized carbons (Fsp3) is 0.278. The van der Waals surface area contributed by atoms with Crippen LogP contribution in [0.3, 0.4) is 0 Å². The zero-order valence-electron chi connectivity index (χ0n) is 14.2. The second-order valence-electron chi connectivity index (χ2n) is 6.01. The molecule has 1 aromatic heterocycles. The number of hydrogen-bond donors (Lipinski definition) is 2. The van der Waals surface area contributed by atoms with Crippen LogP contribution in [0.5, 0.6) is 5.75 Å². The van der Waals surface area contributed by atoms with Crippen molar-refractivity contribution in [2.75, 3.05) is 7.11 Å². The van der Waals surface area contributed by atoms with Crippen molar-refractivity contribution in [1.82, 2.24) is 4.98 Å². The number of hydrogen-bond acceptors (Lipinski definition) is 4. The Kier molecular flexibility index (Phi) is 4.90. The fourth-order valence-corrected chi connectivity index (χ4v) is 3.44. The van der Waals surface area contributed by atoms with Crippen molar-refractivity contribution in [3.63, 3.8) is 0 Å². The van der Waals surface area contributed by atoms with Crippen LogP contribution in [-0.4, -0.2) is 23.8 Å². The van der Waals surface area contributed by atoms with E-state index in [1.54, 1.807) is 7.11 Å². The Balaban J connectivity index is 2.10. The molecule has 3 rings (SSSR count). The molecule has 130 valence electrons. The molecule has 0 radical (unpaired) electrons. The number of ether oxygens (including phenoxy) is 1. The summed E-state index contributed by atoms with van der Waals surface area (Å²) in [5, 5.41) is 8.80.